The first-order chi connectivity index (χ1) is 12.4. The third kappa shape index (κ3) is 5.41. The Kier molecular flexibility index (Phi) is 6.94. The Morgan fingerprint density at radius 3 is 2.27 bits per heavy atom. The van der Waals surface area contributed by atoms with Gasteiger partial charge in [-0.25, -0.2) is 8.42 Å². The van der Waals surface area contributed by atoms with Crippen molar-refractivity contribution in [1.82, 2.24) is 9.62 Å². The quantitative estimate of drug-likeness (QED) is 0.772. The normalized spacial score (nSPS) is 12.6. The number of benzene rings is 2. The van der Waals surface area contributed by atoms with Crippen LogP contribution < -0.4 is 4.72 Å². The van der Waals surface area contributed by atoms with Gasteiger partial charge in [-0.3, -0.25) is 4.79 Å². The molecule has 1 N–H and O–H groups in total. The number of rotatable bonds is 8. The number of nitrogens with one attached hydrogen (secondary N) is 1. The zero-order valence-electron chi connectivity index (χ0n) is 15.5. The van der Waals surface area contributed by atoms with Gasteiger partial charge in [-0.05, 0) is 31.9 Å². The second-order valence-corrected chi connectivity index (χ2v) is 7.97. The number of amides is 1. The highest BCUT2D eigenvalue weighted by atomic mass is 32.2. The van der Waals surface area contributed by atoms with Gasteiger partial charge < -0.3 is 4.90 Å². The fourth-order valence-electron chi connectivity index (χ4n) is 2.87. The van der Waals surface area contributed by atoms with Crippen molar-refractivity contribution in [2.45, 2.75) is 32.6 Å². The number of likely N-dealkylation sites (N-methyl/N-ethyl adjacent to an activating group) is 1. The molecule has 140 valence electrons. The maximum atomic E-state index is 12.9. The SMILES string of the molecule is CCN(CC)C(=O)[C@@H](NS(=O)(=O)Cc1cccc(C)c1)c1ccccc1. The average molecular weight is 375 g/mol. The van der Waals surface area contributed by atoms with Crippen LogP contribution in [0.1, 0.15) is 36.6 Å². The first kappa shape index (κ1) is 20.1. The monoisotopic (exact) mass is 374 g/mol. The molecule has 2 aromatic rings. The van der Waals surface area contributed by atoms with Gasteiger partial charge in [-0.1, -0.05) is 60.2 Å². The Bertz CT molecular complexity index is 831. The number of carbonyl (C=O) groups excluding carboxylic acids is 1. The summed E-state index contributed by atoms with van der Waals surface area (Å²) in [6.07, 6.45) is 0. The molecular weight excluding hydrogens is 348 g/mol. The van der Waals surface area contributed by atoms with Gasteiger partial charge in [-0.2, -0.15) is 4.72 Å². The topological polar surface area (TPSA) is 66.5 Å². The van der Waals surface area contributed by atoms with E-state index in [-0.39, 0.29) is 11.7 Å². The molecule has 0 unspecified atom stereocenters. The maximum absolute atomic E-state index is 12.9. The fraction of sp³-hybridized carbons (Fsp3) is 0.350. The molecule has 2 aromatic carbocycles. The van der Waals surface area contributed by atoms with Gasteiger partial charge >= 0.3 is 0 Å². The van der Waals surface area contributed by atoms with Crippen molar-refractivity contribution in [1.29, 1.82) is 0 Å². The number of hydrogen-bond acceptors (Lipinski definition) is 3. The van der Waals surface area contributed by atoms with Crippen LogP contribution in [-0.2, 0) is 20.6 Å². The lowest BCUT2D eigenvalue weighted by molar-refractivity contribution is -0.132. The third-order valence-electron chi connectivity index (χ3n) is 4.19. The summed E-state index contributed by atoms with van der Waals surface area (Å²) in [5, 5.41) is 0. The number of carbonyl (C=O) groups is 1. The summed E-state index contributed by atoms with van der Waals surface area (Å²) in [6.45, 7) is 6.73. The van der Waals surface area contributed by atoms with Crippen LogP contribution in [0, 0.1) is 6.92 Å². The second-order valence-electron chi connectivity index (χ2n) is 6.22. The van der Waals surface area contributed by atoms with Crippen molar-refractivity contribution < 1.29 is 13.2 Å². The van der Waals surface area contributed by atoms with Crippen molar-refractivity contribution in [3.8, 4) is 0 Å². The van der Waals surface area contributed by atoms with Gasteiger partial charge in [0.25, 0.3) is 0 Å². The van der Waals surface area contributed by atoms with Gasteiger partial charge in [0.1, 0.15) is 6.04 Å². The van der Waals surface area contributed by atoms with E-state index in [4.69, 9.17) is 0 Å². The summed E-state index contributed by atoms with van der Waals surface area (Å²) >= 11 is 0. The average Bonchev–Trinajstić information content (AvgIpc) is 2.61. The van der Waals surface area contributed by atoms with E-state index in [1.165, 1.54) is 0 Å². The molecule has 0 fully saturated rings. The molecule has 5 nitrogen and oxygen atoms in total. The standard InChI is InChI=1S/C20H26N2O3S/c1-4-22(5-2)20(23)19(18-12-7-6-8-13-18)21-26(24,25)15-17-11-9-10-16(3)14-17/h6-14,19,21H,4-5,15H2,1-3H3/t19-/m0/s1. The predicted octanol–water partition coefficient (Wildman–Crippen LogP) is 3.02. The Morgan fingerprint density at radius 1 is 1.04 bits per heavy atom. The first-order valence-electron chi connectivity index (χ1n) is 8.75. The molecule has 2 rings (SSSR count). The van der Waals surface area contributed by atoms with Crippen LogP contribution >= 0.6 is 0 Å². The van der Waals surface area contributed by atoms with Crippen LogP contribution in [0.3, 0.4) is 0 Å². The predicted molar refractivity (Wildman–Crippen MR) is 104 cm³/mol. The van der Waals surface area contributed by atoms with Gasteiger partial charge in [0.15, 0.2) is 0 Å². The zero-order chi connectivity index (χ0) is 19.2. The first-order valence-corrected chi connectivity index (χ1v) is 10.4. The fourth-order valence-corrected chi connectivity index (χ4v) is 4.16. The molecule has 1 atom stereocenters. The van der Waals surface area contributed by atoms with Gasteiger partial charge in [0, 0.05) is 13.1 Å². The summed E-state index contributed by atoms with van der Waals surface area (Å²) in [5.74, 6) is -0.405. The van der Waals surface area contributed by atoms with Crippen LogP contribution in [0.4, 0.5) is 0 Å². The minimum Gasteiger partial charge on any atom is -0.342 e. The van der Waals surface area contributed by atoms with Crippen molar-refractivity contribution in [2.24, 2.45) is 0 Å². The molecular formula is C20H26N2O3S. The van der Waals surface area contributed by atoms with E-state index in [9.17, 15) is 13.2 Å². The Morgan fingerprint density at radius 2 is 1.69 bits per heavy atom. The molecule has 0 spiro atoms. The van der Waals surface area contributed by atoms with Gasteiger partial charge in [-0.15, -0.1) is 0 Å². The van der Waals surface area contributed by atoms with Crippen LogP contribution in [0.25, 0.3) is 0 Å². The molecule has 1 amide bonds. The Labute approximate surface area is 156 Å². The minimum absolute atomic E-state index is 0.163. The highest BCUT2D eigenvalue weighted by molar-refractivity contribution is 7.88. The molecule has 0 aromatic heterocycles. The van der Waals surface area contributed by atoms with Crippen LogP contribution in [-0.4, -0.2) is 32.3 Å². The molecule has 6 heteroatoms. The van der Waals surface area contributed by atoms with Crippen LogP contribution in [0.15, 0.2) is 54.6 Å². The summed E-state index contributed by atoms with van der Waals surface area (Å²) in [7, 11) is -3.69. The van der Waals surface area contributed by atoms with Crippen molar-refractivity contribution in [3.63, 3.8) is 0 Å². The van der Waals surface area contributed by atoms with Crippen molar-refractivity contribution in [2.75, 3.05) is 13.1 Å². The van der Waals surface area contributed by atoms with E-state index in [0.717, 1.165) is 5.56 Å². The van der Waals surface area contributed by atoms with Crippen molar-refractivity contribution >= 4 is 15.9 Å². The van der Waals surface area contributed by atoms with E-state index in [0.29, 0.717) is 24.2 Å². The van der Waals surface area contributed by atoms with E-state index < -0.39 is 16.1 Å². The molecule has 26 heavy (non-hydrogen) atoms. The van der Waals surface area contributed by atoms with Crippen LogP contribution in [0.2, 0.25) is 0 Å². The molecule has 0 aliphatic heterocycles. The number of sulfonamides is 1. The van der Waals surface area contributed by atoms with Crippen molar-refractivity contribution in [3.05, 3.63) is 71.3 Å². The summed E-state index contributed by atoms with van der Waals surface area (Å²) in [4.78, 5) is 14.5. The zero-order valence-corrected chi connectivity index (χ0v) is 16.3. The third-order valence-corrected chi connectivity index (χ3v) is 5.50. The lowest BCUT2D eigenvalue weighted by atomic mass is 10.1. The summed E-state index contributed by atoms with van der Waals surface area (Å²) in [6, 6.07) is 15.4. The molecule has 0 saturated carbocycles. The van der Waals surface area contributed by atoms with Gasteiger partial charge in [0.05, 0.1) is 5.75 Å². The molecule has 0 bridgehead atoms. The molecule has 0 radical (unpaired) electrons. The minimum atomic E-state index is -3.69. The smallest absolute Gasteiger partial charge is 0.245 e. The van der Waals surface area contributed by atoms with E-state index in [1.807, 2.05) is 45.0 Å². The highest BCUT2D eigenvalue weighted by Gasteiger charge is 2.28. The highest BCUT2D eigenvalue weighted by Crippen LogP contribution is 2.18. The number of aryl methyl sites for hydroxylation is 1. The van der Waals surface area contributed by atoms with E-state index >= 15 is 0 Å². The molecule has 0 aliphatic carbocycles. The summed E-state index contributed by atoms with van der Waals surface area (Å²) in [5.41, 5.74) is 2.33. The largest absolute Gasteiger partial charge is 0.342 e. The molecule has 0 saturated heterocycles. The van der Waals surface area contributed by atoms with Gasteiger partial charge in [0.2, 0.25) is 15.9 Å². The lowest BCUT2D eigenvalue weighted by Crippen LogP contribution is -2.43. The molecule has 0 heterocycles. The van der Waals surface area contributed by atoms with Crippen LogP contribution in [0.5, 0.6) is 0 Å². The maximum Gasteiger partial charge on any atom is 0.245 e. The number of nitrogens with zero attached hydrogens (tertiary/aromatic N) is 1. The van der Waals surface area contributed by atoms with E-state index in [2.05, 4.69) is 4.72 Å². The molecule has 0 aliphatic rings. The number of hydrogen-bond donors (Lipinski definition) is 1. The second kappa shape index (κ2) is 8.96. The Balaban J connectivity index is 2.29. The summed E-state index contributed by atoms with van der Waals surface area (Å²) < 4.78 is 28.0. The Hall–Kier alpha value is -2.18. The lowest BCUT2D eigenvalue weighted by Gasteiger charge is -2.26. The van der Waals surface area contributed by atoms with E-state index in [1.54, 1.807) is 35.2 Å².